The first-order valence-corrected chi connectivity index (χ1v) is 11.1. The molecule has 29 heavy (non-hydrogen) atoms. The molecule has 1 aliphatic heterocycles. The summed E-state index contributed by atoms with van der Waals surface area (Å²) in [7, 11) is 0. The Morgan fingerprint density at radius 3 is 2.45 bits per heavy atom. The first-order chi connectivity index (χ1) is 14.1. The van der Waals surface area contributed by atoms with Gasteiger partial charge < -0.3 is 15.5 Å². The summed E-state index contributed by atoms with van der Waals surface area (Å²) < 4.78 is 0. The third-order valence-corrected chi connectivity index (χ3v) is 6.83. The summed E-state index contributed by atoms with van der Waals surface area (Å²) in [6.45, 7) is 0.725. The zero-order valence-electron chi connectivity index (χ0n) is 17.0. The predicted octanol–water partition coefficient (Wildman–Crippen LogP) is 3.02. The van der Waals surface area contributed by atoms with Crippen LogP contribution in [0, 0.1) is 11.8 Å². The van der Waals surface area contributed by atoms with E-state index in [4.69, 9.17) is 0 Å². The third kappa shape index (κ3) is 4.80. The molecule has 156 valence electrons. The fourth-order valence-corrected chi connectivity index (χ4v) is 5.26. The Kier molecular flexibility index (Phi) is 6.16. The summed E-state index contributed by atoms with van der Waals surface area (Å²) in [5.41, 5.74) is 1.32. The minimum absolute atomic E-state index is 0.00418. The maximum Gasteiger partial charge on any atom is 0.251 e. The highest BCUT2D eigenvalue weighted by atomic mass is 16.2. The minimum atomic E-state index is -0.268. The Hall–Kier alpha value is -2.37. The molecule has 3 aliphatic rings. The van der Waals surface area contributed by atoms with E-state index in [0.29, 0.717) is 12.0 Å². The van der Waals surface area contributed by atoms with Gasteiger partial charge in [0.15, 0.2) is 0 Å². The number of amides is 3. The number of anilines is 1. The zero-order valence-corrected chi connectivity index (χ0v) is 17.0. The Morgan fingerprint density at radius 1 is 0.966 bits per heavy atom. The number of nitrogens with one attached hydrogen (secondary N) is 2. The number of benzene rings is 1. The van der Waals surface area contributed by atoms with E-state index >= 15 is 0 Å². The molecule has 4 rings (SSSR count). The fraction of sp³-hybridized carbons (Fsp3) is 0.609. The molecule has 3 amide bonds. The van der Waals surface area contributed by atoms with Crippen LogP contribution in [-0.4, -0.2) is 36.9 Å². The fourth-order valence-electron chi connectivity index (χ4n) is 5.26. The molecule has 0 unspecified atom stereocenters. The maximum absolute atomic E-state index is 12.4. The van der Waals surface area contributed by atoms with E-state index in [1.165, 1.54) is 32.1 Å². The van der Waals surface area contributed by atoms with Crippen molar-refractivity contribution in [3.63, 3.8) is 0 Å². The van der Waals surface area contributed by atoms with Crippen LogP contribution in [0.3, 0.4) is 0 Å². The van der Waals surface area contributed by atoms with E-state index in [9.17, 15) is 14.4 Å². The Labute approximate surface area is 172 Å². The third-order valence-electron chi connectivity index (χ3n) is 6.83. The quantitative estimate of drug-likeness (QED) is 0.802. The van der Waals surface area contributed by atoms with Crippen LogP contribution in [0.15, 0.2) is 24.3 Å². The molecule has 2 aliphatic carbocycles. The van der Waals surface area contributed by atoms with Crippen LogP contribution in [0.5, 0.6) is 0 Å². The number of fused-ring (bicyclic) bond motifs is 1. The molecule has 6 heteroatoms. The van der Waals surface area contributed by atoms with Crippen LogP contribution in [-0.2, 0) is 9.59 Å². The largest absolute Gasteiger partial charge is 0.352 e. The molecule has 1 aromatic carbocycles. The Balaban J connectivity index is 1.23. The van der Waals surface area contributed by atoms with Gasteiger partial charge >= 0.3 is 0 Å². The molecule has 3 fully saturated rings. The Morgan fingerprint density at radius 2 is 1.72 bits per heavy atom. The molecule has 6 nitrogen and oxygen atoms in total. The number of hydrogen-bond donors (Lipinski definition) is 2. The van der Waals surface area contributed by atoms with E-state index in [-0.39, 0.29) is 30.3 Å². The van der Waals surface area contributed by atoms with Crippen LogP contribution in [0.2, 0.25) is 0 Å². The number of carbonyl (C=O) groups excluding carboxylic acids is 3. The highest BCUT2D eigenvalue weighted by Gasteiger charge is 2.32. The second-order valence-electron chi connectivity index (χ2n) is 8.76. The lowest BCUT2D eigenvalue weighted by atomic mass is 9.69. The second-order valence-corrected chi connectivity index (χ2v) is 8.76. The molecular weight excluding hydrogens is 366 g/mol. The van der Waals surface area contributed by atoms with Crippen LogP contribution in [0.25, 0.3) is 0 Å². The van der Waals surface area contributed by atoms with Crippen LogP contribution >= 0.6 is 0 Å². The topological polar surface area (TPSA) is 78.5 Å². The van der Waals surface area contributed by atoms with Gasteiger partial charge in [0, 0.05) is 30.3 Å². The smallest absolute Gasteiger partial charge is 0.251 e. The van der Waals surface area contributed by atoms with Crippen molar-refractivity contribution in [2.24, 2.45) is 11.8 Å². The van der Waals surface area contributed by atoms with Crippen molar-refractivity contribution in [3.05, 3.63) is 29.8 Å². The lowest BCUT2D eigenvalue weighted by molar-refractivity contribution is -0.121. The van der Waals surface area contributed by atoms with Crippen molar-refractivity contribution < 1.29 is 14.4 Å². The van der Waals surface area contributed by atoms with Gasteiger partial charge in [-0.3, -0.25) is 14.4 Å². The number of rotatable bonds is 5. The average Bonchev–Trinajstić information content (AvgIpc) is 3.18. The lowest BCUT2D eigenvalue weighted by Crippen LogP contribution is -2.45. The molecule has 0 bridgehead atoms. The van der Waals surface area contributed by atoms with Crippen molar-refractivity contribution in [1.82, 2.24) is 10.6 Å². The summed E-state index contributed by atoms with van der Waals surface area (Å²) in [5, 5.41) is 5.82. The second kappa shape index (κ2) is 8.97. The van der Waals surface area contributed by atoms with Gasteiger partial charge in [-0.1, -0.05) is 25.7 Å². The molecular formula is C23H31N3O3. The monoisotopic (exact) mass is 397 g/mol. The molecule has 1 heterocycles. The molecule has 1 saturated heterocycles. The van der Waals surface area contributed by atoms with Gasteiger partial charge in [-0.2, -0.15) is 0 Å². The minimum Gasteiger partial charge on any atom is -0.352 e. The van der Waals surface area contributed by atoms with E-state index in [1.807, 2.05) is 0 Å². The van der Waals surface area contributed by atoms with Gasteiger partial charge in [0.2, 0.25) is 11.8 Å². The van der Waals surface area contributed by atoms with Gasteiger partial charge in [0.1, 0.15) is 0 Å². The van der Waals surface area contributed by atoms with Crippen molar-refractivity contribution in [2.75, 3.05) is 18.0 Å². The molecule has 0 spiro atoms. The summed E-state index contributed by atoms with van der Waals surface area (Å²) in [4.78, 5) is 38.2. The molecule has 2 N–H and O–H groups in total. The predicted molar refractivity (Wildman–Crippen MR) is 112 cm³/mol. The van der Waals surface area contributed by atoms with E-state index in [2.05, 4.69) is 10.6 Å². The number of hydrogen-bond acceptors (Lipinski definition) is 3. The maximum atomic E-state index is 12.4. The lowest BCUT2D eigenvalue weighted by Gasteiger charge is -2.39. The van der Waals surface area contributed by atoms with Crippen molar-refractivity contribution >= 4 is 23.4 Å². The molecule has 0 radical (unpaired) electrons. The van der Waals surface area contributed by atoms with Crippen LogP contribution in [0.1, 0.15) is 68.1 Å². The first-order valence-electron chi connectivity index (χ1n) is 11.1. The normalized spacial score (nSPS) is 26.7. The van der Waals surface area contributed by atoms with Crippen LogP contribution < -0.4 is 15.5 Å². The summed E-state index contributed by atoms with van der Waals surface area (Å²) in [6.07, 6.45) is 10.1. The molecule has 2 saturated carbocycles. The zero-order chi connectivity index (χ0) is 20.2. The van der Waals surface area contributed by atoms with Gasteiger partial charge in [-0.05, 0) is 61.8 Å². The van der Waals surface area contributed by atoms with Gasteiger partial charge in [0.25, 0.3) is 5.91 Å². The average molecular weight is 398 g/mol. The van der Waals surface area contributed by atoms with Gasteiger partial charge in [0.05, 0.1) is 6.54 Å². The van der Waals surface area contributed by atoms with E-state index in [1.54, 1.807) is 29.2 Å². The van der Waals surface area contributed by atoms with Gasteiger partial charge in [-0.15, -0.1) is 0 Å². The summed E-state index contributed by atoms with van der Waals surface area (Å²) in [6, 6.07) is 7.25. The number of nitrogens with zero attached hydrogens (tertiary/aromatic N) is 1. The van der Waals surface area contributed by atoms with Crippen LogP contribution in [0.4, 0.5) is 5.69 Å². The van der Waals surface area contributed by atoms with E-state index in [0.717, 1.165) is 43.3 Å². The van der Waals surface area contributed by atoms with Crippen molar-refractivity contribution in [3.8, 4) is 0 Å². The standard InChI is InChI=1S/C23H31N3O3/c27-21(25-19-10-7-16-4-1-2-5-18(16)14-19)15-24-23(29)17-8-11-20(12-9-17)26-13-3-6-22(26)28/h8-9,11-12,16,18-19H,1-7,10,13-15H2,(H,24,29)(H,25,27)/t16-,18-,19-/m1/s1. The number of carbonyl (C=O) groups is 3. The molecule has 3 atom stereocenters. The highest BCUT2D eigenvalue weighted by molar-refractivity contribution is 5.98. The highest BCUT2D eigenvalue weighted by Crippen LogP contribution is 2.40. The van der Waals surface area contributed by atoms with Crippen molar-refractivity contribution in [1.29, 1.82) is 0 Å². The first kappa shape index (κ1) is 19.9. The van der Waals surface area contributed by atoms with Gasteiger partial charge in [-0.25, -0.2) is 0 Å². The molecule has 1 aromatic rings. The summed E-state index contributed by atoms with van der Waals surface area (Å²) >= 11 is 0. The van der Waals surface area contributed by atoms with Crippen molar-refractivity contribution in [2.45, 2.75) is 63.8 Å². The van der Waals surface area contributed by atoms with E-state index < -0.39 is 0 Å². The molecule has 0 aromatic heterocycles. The SMILES string of the molecule is O=C(CNC(=O)c1ccc(N2CCCC2=O)cc1)N[C@@H]1CC[C@H]2CCCC[C@@H]2C1. The Bertz CT molecular complexity index is 761. The summed E-state index contributed by atoms with van der Waals surface area (Å²) in [5.74, 6) is 1.36.